The van der Waals surface area contributed by atoms with E-state index in [1.54, 1.807) is 0 Å². The van der Waals surface area contributed by atoms with E-state index in [0.717, 1.165) is 17.9 Å². The number of nitrogens with zero attached hydrogens (tertiary/aromatic N) is 1. The summed E-state index contributed by atoms with van der Waals surface area (Å²) in [5.41, 5.74) is 0. The highest BCUT2D eigenvalue weighted by Crippen LogP contribution is 2.11. The van der Waals surface area contributed by atoms with Crippen molar-refractivity contribution in [2.45, 2.75) is 53.0 Å². The third kappa shape index (κ3) is 5.86. The maximum Gasteiger partial charge on any atom is 0.0195 e. The maximum absolute atomic E-state index is 3.65. The van der Waals surface area contributed by atoms with Crippen LogP contribution in [0.15, 0.2) is 0 Å². The average Bonchev–Trinajstić information content (AvgIpc) is 2.16. The molecule has 0 saturated carbocycles. The predicted molar refractivity (Wildman–Crippen MR) is 71.8 cm³/mol. The van der Waals surface area contributed by atoms with Crippen LogP contribution in [0.3, 0.4) is 0 Å². The summed E-state index contributed by atoms with van der Waals surface area (Å²) in [7, 11) is 0. The molecule has 1 heterocycles. The summed E-state index contributed by atoms with van der Waals surface area (Å²) in [5.74, 6) is 1.56. The van der Waals surface area contributed by atoms with Gasteiger partial charge in [0.25, 0.3) is 0 Å². The molecule has 0 aromatic rings. The van der Waals surface area contributed by atoms with E-state index in [1.165, 1.54) is 45.4 Å². The highest BCUT2D eigenvalue weighted by Gasteiger charge is 2.17. The Bertz CT molecular complexity index is 162. The minimum absolute atomic E-state index is 0.742. The summed E-state index contributed by atoms with van der Waals surface area (Å²) >= 11 is 0. The van der Waals surface area contributed by atoms with Gasteiger partial charge >= 0.3 is 0 Å². The van der Waals surface area contributed by atoms with Gasteiger partial charge in [0.15, 0.2) is 0 Å². The summed E-state index contributed by atoms with van der Waals surface area (Å²) in [4.78, 5) is 2.65. The van der Waals surface area contributed by atoms with Gasteiger partial charge < -0.3 is 10.2 Å². The molecule has 1 rings (SSSR count). The Balaban J connectivity index is 2.35. The van der Waals surface area contributed by atoms with Gasteiger partial charge in [-0.1, -0.05) is 34.1 Å². The molecule has 0 aliphatic carbocycles. The van der Waals surface area contributed by atoms with E-state index in [2.05, 4.69) is 37.9 Å². The van der Waals surface area contributed by atoms with Gasteiger partial charge in [0.2, 0.25) is 0 Å². The maximum atomic E-state index is 3.65. The van der Waals surface area contributed by atoms with Gasteiger partial charge in [-0.25, -0.2) is 0 Å². The minimum Gasteiger partial charge on any atom is -0.313 e. The molecule has 96 valence electrons. The standard InChI is InChI=1S/C14H30N2/c1-12(2)9-16(10-13(3)4)11-14-7-5-6-8-15-14/h12-15H,5-11H2,1-4H3. The van der Waals surface area contributed by atoms with Crippen LogP contribution in [0.25, 0.3) is 0 Å². The van der Waals surface area contributed by atoms with Crippen molar-refractivity contribution in [2.75, 3.05) is 26.2 Å². The van der Waals surface area contributed by atoms with Crippen molar-refractivity contribution in [1.29, 1.82) is 0 Å². The monoisotopic (exact) mass is 226 g/mol. The fraction of sp³-hybridized carbons (Fsp3) is 1.00. The van der Waals surface area contributed by atoms with Gasteiger partial charge in [0, 0.05) is 25.7 Å². The lowest BCUT2D eigenvalue weighted by atomic mass is 10.0. The molecule has 0 amide bonds. The van der Waals surface area contributed by atoms with Crippen LogP contribution < -0.4 is 5.32 Å². The smallest absolute Gasteiger partial charge is 0.0195 e. The zero-order chi connectivity index (χ0) is 12.0. The second-order valence-corrected chi connectivity index (χ2v) is 6.15. The molecule has 2 heteroatoms. The van der Waals surface area contributed by atoms with Crippen LogP contribution in [0.5, 0.6) is 0 Å². The van der Waals surface area contributed by atoms with Gasteiger partial charge in [-0.2, -0.15) is 0 Å². The van der Waals surface area contributed by atoms with Crippen LogP contribution >= 0.6 is 0 Å². The minimum atomic E-state index is 0.742. The van der Waals surface area contributed by atoms with Crippen molar-refractivity contribution >= 4 is 0 Å². The molecular weight excluding hydrogens is 196 g/mol. The quantitative estimate of drug-likeness (QED) is 0.749. The van der Waals surface area contributed by atoms with Crippen molar-refractivity contribution in [3.05, 3.63) is 0 Å². The molecule has 1 saturated heterocycles. The van der Waals surface area contributed by atoms with E-state index in [0.29, 0.717) is 0 Å². The van der Waals surface area contributed by atoms with Gasteiger partial charge in [-0.15, -0.1) is 0 Å². The van der Waals surface area contributed by atoms with E-state index in [1.807, 2.05) is 0 Å². The lowest BCUT2D eigenvalue weighted by molar-refractivity contribution is 0.186. The van der Waals surface area contributed by atoms with Crippen LogP contribution in [-0.2, 0) is 0 Å². The SMILES string of the molecule is CC(C)CN(CC(C)C)CC1CCCCN1. The van der Waals surface area contributed by atoms with Crippen LogP contribution in [0.1, 0.15) is 47.0 Å². The second-order valence-electron chi connectivity index (χ2n) is 6.15. The first-order chi connectivity index (χ1) is 7.58. The Hall–Kier alpha value is -0.0800. The molecule has 1 aliphatic rings. The molecule has 0 aromatic carbocycles. The summed E-state index contributed by atoms with van der Waals surface area (Å²) in [6.45, 7) is 14.2. The largest absolute Gasteiger partial charge is 0.313 e. The molecule has 1 unspecified atom stereocenters. The normalized spacial score (nSPS) is 22.3. The number of piperidine rings is 1. The van der Waals surface area contributed by atoms with Crippen molar-refractivity contribution in [3.8, 4) is 0 Å². The Morgan fingerprint density at radius 1 is 1.06 bits per heavy atom. The fourth-order valence-corrected chi connectivity index (χ4v) is 2.65. The van der Waals surface area contributed by atoms with Gasteiger partial charge in [-0.3, -0.25) is 0 Å². The molecule has 1 fully saturated rings. The van der Waals surface area contributed by atoms with Crippen LogP contribution in [0, 0.1) is 11.8 Å². The molecule has 0 radical (unpaired) electrons. The third-order valence-electron chi connectivity index (χ3n) is 3.14. The molecule has 0 bridgehead atoms. The summed E-state index contributed by atoms with van der Waals surface area (Å²) in [6.07, 6.45) is 4.15. The predicted octanol–water partition coefficient (Wildman–Crippen LogP) is 2.74. The number of rotatable bonds is 6. The molecular formula is C14H30N2. The average molecular weight is 226 g/mol. The van der Waals surface area contributed by atoms with E-state index >= 15 is 0 Å². The van der Waals surface area contributed by atoms with Crippen LogP contribution in [0.2, 0.25) is 0 Å². The molecule has 1 atom stereocenters. The summed E-state index contributed by atoms with van der Waals surface area (Å²) in [5, 5.41) is 3.65. The van der Waals surface area contributed by atoms with E-state index in [-0.39, 0.29) is 0 Å². The number of hydrogen-bond acceptors (Lipinski definition) is 2. The first-order valence-corrected chi connectivity index (χ1v) is 7.03. The zero-order valence-electron chi connectivity index (χ0n) is 11.6. The topological polar surface area (TPSA) is 15.3 Å². The Labute approximate surface area is 102 Å². The number of nitrogens with one attached hydrogen (secondary N) is 1. The Morgan fingerprint density at radius 3 is 2.12 bits per heavy atom. The summed E-state index contributed by atoms with van der Waals surface area (Å²) in [6, 6.07) is 0.742. The molecule has 1 aliphatic heterocycles. The molecule has 16 heavy (non-hydrogen) atoms. The van der Waals surface area contributed by atoms with E-state index in [9.17, 15) is 0 Å². The van der Waals surface area contributed by atoms with Gasteiger partial charge in [0.05, 0.1) is 0 Å². The first kappa shape index (κ1) is 14.0. The molecule has 2 nitrogen and oxygen atoms in total. The second kappa shape index (κ2) is 7.29. The molecule has 0 aromatic heterocycles. The lowest BCUT2D eigenvalue weighted by Crippen LogP contribution is -2.45. The molecule has 1 N–H and O–H groups in total. The number of hydrogen-bond donors (Lipinski definition) is 1. The highest BCUT2D eigenvalue weighted by molar-refractivity contribution is 4.77. The van der Waals surface area contributed by atoms with Gasteiger partial charge in [0.1, 0.15) is 0 Å². The van der Waals surface area contributed by atoms with Crippen LogP contribution in [-0.4, -0.2) is 37.1 Å². The Kier molecular flexibility index (Phi) is 6.37. The zero-order valence-corrected chi connectivity index (χ0v) is 11.6. The van der Waals surface area contributed by atoms with Crippen molar-refractivity contribution in [2.24, 2.45) is 11.8 Å². The lowest BCUT2D eigenvalue weighted by Gasteiger charge is -2.32. The first-order valence-electron chi connectivity index (χ1n) is 7.03. The van der Waals surface area contributed by atoms with E-state index < -0.39 is 0 Å². The highest BCUT2D eigenvalue weighted by atomic mass is 15.2. The van der Waals surface area contributed by atoms with Crippen molar-refractivity contribution < 1.29 is 0 Å². The van der Waals surface area contributed by atoms with E-state index in [4.69, 9.17) is 0 Å². The summed E-state index contributed by atoms with van der Waals surface area (Å²) < 4.78 is 0. The Morgan fingerprint density at radius 2 is 1.69 bits per heavy atom. The van der Waals surface area contributed by atoms with Crippen LogP contribution in [0.4, 0.5) is 0 Å². The third-order valence-corrected chi connectivity index (χ3v) is 3.14. The van der Waals surface area contributed by atoms with Crippen molar-refractivity contribution in [1.82, 2.24) is 10.2 Å². The molecule has 0 spiro atoms. The van der Waals surface area contributed by atoms with Crippen molar-refractivity contribution in [3.63, 3.8) is 0 Å². The fourth-order valence-electron chi connectivity index (χ4n) is 2.65. The van der Waals surface area contributed by atoms with Gasteiger partial charge in [-0.05, 0) is 31.2 Å².